The second-order valence-corrected chi connectivity index (χ2v) is 5.37. The molecule has 2 unspecified atom stereocenters. The van der Waals surface area contributed by atoms with Crippen molar-refractivity contribution in [2.45, 2.75) is 39.2 Å². The number of aromatic nitrogens is 2. The SMILES string of the molecule is CC1CCn2cc(CC3CCOC3)nc2C1. The summed E-state index contributed by atoms with van der Waals surface area (Å²) in [5, 5.41) is 0. The lowest BCUT2D eigenvalue weighted by molar-refractivity contribution is 0.185. The molecular weight excluding hydrogens is 200 g/mol. The van der Waals surface area contributed by atoms with Crippen molar-refractivity contribution >= 4 is 0 Å². The Hall–Kier alpha value is -0.830. The summed E-state index contributed by atoms with van der Waals surface area (Å²) in [4.78, 5) is 4.77. The van der Waals surface area contributed by atoms with Crippen LogP contribution in [0.5, 0.6) is 0 Å². The zero-order valence-electron chi connectivity index (χ0n) is 9.98. The maximum absolute atomic E-state index is 5.41. The quantitative estimate of drug-likeness (QED) is 0.762. The fourth-order valence-corrected chi connectivity index (χ4v) is 2.78. The Morgan fingerprint density at radius 2 is 2.44 bits per heavy atom. The van der Waals surface area contributed by atoms with E-state index in [1.165, 1.54) is 24.4 Å². The second-order valence-electron chi connectivity index (χ2n) is 5.37. The first kappa shape index (κ1) is 10.3. The largest absolute Gasteiger partial charge is 0.381 e. The van der Waals surface area contributed by atoms with Gasteiger partial charge in [0, 0.05) is 32.4 Å². The van der Waals surface area contributed by atoms with Crippen LogP contribution in [0.2, 0.25) is 0 Å². The van der Waals surface area contributed by atoms with Crippen molar-refractivity contribution in [3.8, 4) is 0 Å². The maximum atomic E-state index is 5.41. The summed E-state index contributed by atoms with van der Waals surface area (Å²) in [5.41, 5.74) is 1.28. The first-order valence-electron chi connectivity index (χ1n) is 6.44. The van der Waals surface area contributed by atoms with E-state index in [-0.39, 0.29) is 0 Å². The molecule has 2 atom stereocenters. The first-order valence-corrected chi connectivity index (χ1v) is 6.44. The van der Waals surface area contributed by atoms with Gasteiger partial charge in [0.05, 0.1) is 5.69 Å². The number of ether oxygens (including phenoxy) is 1. The van der Waals surface area contributed by atoms with Crippen LogP contribution in [0, 0.1) is 11.8 Å². The molecule has 88 valence electrons. The monoisotopic (exact) mass is 220 g/mol. The first-order chi connectivity index (χ1) is 7.81. The summed E-state index contributed by atoms with van der Waals surface area (Å²) < 4.78 is 7.77. The minimum atomic E-state index is 0.703. The van der Waals surface area contributed by atoms with Crippen LogP contribution in [-0.4, -0.2) is 22.8 Å². The van der Waals surface area contributed by atoms with Gasteiger partial charge >= 0.3 is 0 Å². The van der Waals surface area contributed by atoms with E-state index < -0.39 is 0 Å². The van der Waals surface area contributed by atoms with E-state index in [9.17, 15) is 0 Å². The maximum Gasteiger partial charge on any atom is 0.109 e. The fraction of sp³-hybridized carbons (Fsp3) is 0.769. The van der Waals surface area contributed by atoms with Gasteiger partial charge in [-0.25, -0.2) is 4.98 Å². The number of aryl methyl sites for hydroxylation is 1. The molecule has 1 fully saturated rings. The summed E-state index contributed by atoms with van der Waals surface area (Å²) in [7, 11) is 0. The number of rotatable bonds is 2. The Balaban J connectivity index is 1.71. The van der Waals surface area contributed by atoms with E-state index in [1.807, 2.05) is 0 Å². The molecule has 2 aliphatic heterocycles. The summed E-state index contributed by atoms with van der Waals surface area (Å²) in [6.45, 7) is 5.35. The highest BCUT2D eigenvalue weighted by Crippen LogP contribution is 2.22. The number of fused-ring (bicyclic) bond motifs is 1. The molecule has 1 aromatic heterocycles. The molecule has 0 aromatic carbocycles. The molecule has 0 bridgehead atoms. The predicted molar refractivity (Wildman–Crippen MR) is 62.3 cm³/mol. The Morgan fingerprint density at radius 3 is 3.25 bits per heavy atom. The average Bonchev–Trinajstić information content (AvgIpc) is 2.86. The molecule has 3 rings (SSSR count). The molecule has 16 heavy (non-hydrogen) atoms. The molecule has 1 saturated heterocycles. The van der Waals surface area contributed by atoms with Crippen molar-refractivity contribution in [3.63, 3.8) is 0 Å². The molecule has 0 saturated carbocycles. The van der Waals surface area contributed by atoms with Crippen LogP contribution in [0.1, 0.15) is 31.3 Å². The average molecular weight is 220 g/mol. The van der Waals surface area contributed by atoms with Crippen LogP contribution >= 0.6 is 0 Å². The smallest absolute Gasteiger partial charge is 0.109 e. The fourth-order valence-electron chi connectivity index (χ4n) is 2.78. The number of imidazole rings is 1. The van der Waals surface area contributed by atoms with Gasteiger partial charge in [0.25, 0.3) is 0 Å². The van der Waals surface area contributed by atoms with E-state index in [0.717, 1.165) is 38.5 Å². The molecule has 0 spiro atoms. The number of hydrogen-bond donors (Lipinski definition) is 0. The van der Waals surface area contributed by atoms with Crippen LogP contribution in [0.3, 0.4) is 0 Å². The molecule has 0 N–H and O–H groups in total. The lowest BCUT2D eigenvalue weighted by Crippen LogP contribution is -2.16. The highest BCUT2D eigenvalue weighted by Gasteiger charge is 2.21. The van der Waals surface area contributed by atoms with Gasteiger partial charge in [-0.2, -0.15) is 0 Å². The van der Waals surface area contributed by atoms with E-state index >= 15 is 0 Å². The van der Waals surface area contributed by atoms with Gasteiger partial charge in [-0.15, -0.1) is 0 Å². The molecule has 0 aliphatic carbocycles. The second kappa shape index (κ2) is 4.21. The highest BCUT2D eigenvalue weighted by atomic mass is 16.5. The lowest BCUT2D eigenvalue weighted by Gasteiger charge is -2.18. The van der Waals surface area contributed by atoms with E-state index in [1.54, 1.807) is 0 Å². The lowest BCUT2D eigenvalue weighted by atomic mass is 10.0. The molecule has 3 heteroatoms. The van der Waals surface area contributed by atoms with Crippen molar-refractivity contribution in [1.29, 1.82) is 0 Å². The Labute approximate surface area is 96.8 Å². The molecule has 0 radical (unpaired) electrons. The minimum absolute atomic E-state index is 0.703. The van der Waals surface area contributed by atoms with Crippen LogP contribution < -0.4 is 0 Å². The molecule has 3 heterocycles. The molecule has 2 aliphatic rings. The topological polar surface area (TPSA) is 27.1 Å². The van der Waals surface area contributed by atoms with Gasteiger partial charge in [-0.1, -0.05) is 6.92 Å². The summed E-state index contributed by atoms with van der Waals surface area (Å²) >= 11 is 0. The summed E-state index contributed by atoms with van der Waals surface area (Å²) in [6, 6.07) is 0. The van der Waals surface area contributed by atoms with E-state index in [2.05, 4.69) is 17.7 Å². The van der Waals surface area contributed by atoms with E-state index in [0.29, 0.717) is 5.92 Å². The minimum Gasteiger partial charge on any atom is -0.381 e. The van der Waals surface area contributed by atoms with Gasteiger partial charge in [0.2, 0.25) is 0 Å². The van der Waals surface area contributed by atoms with Gasteiger partial charge < -0.3 is 9.30 Å². The van der Waals surface area contributed by atoms with Crippen molar-refractivity contribution in [1.82, 2.24) is 9.55 Å². The van der Waals surface area contributed by atoms with Gasteiger partial charge in [-0.05, 0) is 31.1 Å². The number of hydrogen-bond acceptors (Lipinski definition) is 2. The molecule has 3 nitrogen and oxygen atoms in total. The van der Waals surface area contributed by atoms with Crippen molar-refractivity contribution < 1.29 is 4.74 Å². The summed E-state index contributed by atoms with van der Waals surface area (Å²) in [6.07, 6.45) is 7.03. The Morgan fingerprint density at radius 1 is 1.50 bits per heavy atom. The Kier molecular flexibility index (Phi) is 2.72. The van der Waals surface area contributed by atoms with Gasteiger partial charge in [0.1, 0.15) is 5.82 Å². The standard InChI is InChI=1S/C13H20N2O/c1-10-2-4-15-8-12(14-13(15)6-10)7-11-3-5-16-9-11/h8,10-11H,2-7,9H2,1H3. The summed E-state index contributed by atoms with van der Waals surface area (Å²) in [5.74, 6) is 2.81. The van der Waals surface area contributed by atoms with Crippen LogP contribution in [0.4, 0.5) is 0 Å². The predicted octanol–water partition coefficient (Wildman–Crippen LogP) is 2.04. The number of nitrogens with zero attached hydrogens (tertiary/aromatic N) is 2. The molecule has 1 aromatic rings. The Bertz CT molecular complexity index is 366. The van der Waals surface area contributed by atoms with E-state index in [4.69, 9.17) is 9.72 Å². The van der Waals surface area contributed by atoms with Crippen molar-refractivity contribution in [2.75, 3.05) is 13.2 Å². The van der Waals surface area contributed by atoms with Crippen LogP contribution in [0.25, 0.3) is 0 Å². The van der Waals surface area contributed by atoms with Crippen molar-refractivity contribution in [2.24, 2.45) is 11.8 Å². The zero-order valence-corrected chi connectivity index (χ0v) is 9.98. The normalized spacial score (nSPS) is 29.3. The van der Waals surface area contributed by atoms with Gasteiger partial charge in [0.15, 0.2) is 0 Å². The molecular formula is C13H20N2O. The highest BCUT2D eigenvalue weighted by molar-refractivity contribution is 5.08. The van der Waals surface area contributed by atoms with Crippen molar-refractivity contribution in [3.05, 3.63) is 17.7 Å². The third-order valence-corrected chi connectivity index (χ3v) is 3.82. The molecule has 0 amide bonds. The zero-order chi connectivity index (χ0) is 11.0. The van der Waals surface area contributed by atoms with Crippen LogP contribution in [-0.2, 0) is 24.1 Å². The third kappa shape index (κ3) is 2.01. The third-order valence-electron chi connectivity index (χ3n) is 3.82. The van der Waals surface area contributed by atoms with Gasteiger partial charge in [-0.3, -0.25) is 0 Å². The van der Waals surface area contributed by atoms with Crippen LogP contribution in [0.15, 0.2) is 6.20 Å².